The first-order valence-electron chi connectivity index (χ1n) is 14.5. The molecule has 10 atom stereocenters. The molecule has 0 aromatic carbocycles. The third-order valence-electron chi connectivity index (χ3n) is 6.46. The third-order valence-corrected chi connectivity index (χ3v) is 6.46. The number of hydrogen-bond donors (Lipinski definition) is 2. The highest BCUT2D eigenvalue weighted by Crippen LogP contribution is 2.30. The maximum Gasteiger partial charge on any atom is 0.315 e. The van der Waals surface area contributed by atoms with Crippen molar-refractivity contribution in [2.75, 3.05) is 13.2 Å². The molecule has 2 saturated heterocycles. The van der Waals surface area contributed by atoms with Crippen LogP contribution < -0.4 is 10.6 Å². The number of carbonyl (C=O) groups is 8. The molecule has 0 aliphatic carbocycles. The number of azide groups is 1. The molecule has 2 aliphatic rings. The number of hydrogen-bond acceptors (Lipinski definition) is 18. The van der Waals surface area contributed by atoms with E-state index in [1.807, 2.05) is 0 Å². The second-order valence-corrected chi connectivity index (χ2v) is 10.5. The standard InChI is InChI=1S/C27H37N5O17/c1-10(33)41-8-17-21(43-12(3)35)23(45-14(5)37)19(25(48-17)31-32-28)29-27(40)30-20-24(46-15(6)38)22(44-13(4)36)18(9-42-11(2)34)49-26(20)47-16(7)39/h17-26H,8-9H2,1-7H3,(H2,29,30,40)/t17-,18-,19-,20-,21-,22-,23-,24-,25-,26-/m1/s1. The first kappa shape index (κ1) is 40.0. The van der Waals surface area contributed by atoms with Crippen LogP contribution in [0.4, 0.5) is 4.79 Å². The third kappa shape index (κ3) is 12.4. The molecule has 2 N–H and O–H groups in total. The van der Waals surface area contributed by atoms with E-state index in [0.717, 1.165) is 48.5 Å². The fraction of sp³-hybridized carbons (Fsp3) is 0.704. The van der Waals surface area contributed by atoms with E-state index in [2.05, 4.69) is 20.7 Å². The summed E-state index contributed by atoms with van der Waals surface area (Å²) in [6.07, 6.45) is -12.5. The van der Waals surface area contributed by atoms with Gasteiger partial charge in [0.25, 0.3) is 0 Å². The van der Waals surface area contributed by atoms with Gasteiger partial charge in [-0.05, 0) is 5.53 Å². The van der Waals surface area contributed by atoms with Crippen molar-refractivity contribution in [1.82, 2.24) is 10.6 Å². The van der Waals surface area contributed by atoms with Crippen LogP contribution in [-0.2, 0) is 76.2 Å². The molecule has 0 unspecified atom stereocenters. The highest BCUT2D eigenvalue weighted by atomic mass is 16.7. The summed E-state index contributed by atoms with van der Waals surface area (Å²) in [7, 11) is 0. The fourth-order valence-electron chi connectivity index (χ4n) is 4.89. The normalized spacial score (nSPS) is 29.0. The molecular formula is C27H37N5O17. The van der Waals surface area contributed by atoms with Gasteiger partial charge in [-0.1, -0.05) is 5.11 Å². The minimum Gasteiger partial charge on any atom is -0.463 e. The van der Waals surface area contributed by atoms with Gasteiger partial charge in [0.15, 0.2) is 30.6 Å². The van der Waals surface area contributed by atoms with E-state index in [1.165, 1.54) is 0 Å². The Bertz CT molecular complexity index is 1340. The van der Waals surface area contributed by atoms with E-state index in [1.54, 1.807) is 0 Å². The Morgan fingerprint density at radius 3 is 1.37 bits per heavy atom. The molecule has 0 aromatic heterocycles. The van der Waals surface area contributed by atoms with Gasteiger partial charge in [-0.2, -0.15) is 0 Å². The number of rotatable bonds is 12. The van der Waals surface area contributed by atoms with E-state index in [-0.39, 0.29) is 0 Å². The molecule has 2 rings (SSSR count). The van der Waals surface area contributed by atoms with Gasteiger partial charge in [0.2, 0.25) is 6.29 Å². The smallest absolute Gasteiger partial charge is 0.315 e. The Morgan fingerprint density at radius 1 is 0.571 bits per heavy atom. The van der Waals surface area contributed by atoms with Crippen LogP contribution in [0.5, 0.6) is 0 Å². The topological polar surface area (TPSA) is 292 Å². The van der Waals surface area contributed by atoms with Crippen molar-refractivity contribution in [3.63, 3.8) is 0 Å². The van der Waals surface area contributed by atoms with Crippen LogP contribution in [0, 0.1) is 0 Å². The molecule has 0 saturated carbocycles. The van der Waals surface area contributed by atoms with E-state index in [4.69, 9.17) is 42.6 Å². The van der Waals surface area contributed by atoms with Crippen molar-refractivity contribution in [2.24, 2.45) is 5.11 Å². The molecule has 2 fully saturated rings. The predicted octanol–water partition coefficient (Wildman–Crippen LogP) is -0.801. The maximum absolute atomic E-state index is 13.6. The molecule has 0 aromatic rings. The number of urea groups is 1. The van der Waals surface area contributed by atoms with Crippen molar-refractivity contribution in [2.45, 2.75) is 110 Å². The van der Waals surface area contributed by atoms with Crippen LogP contribution in [0.25, 0.3) is 10.4 Å². The van der Waals surface area contributed by atoms with Crippen LogP contribution in [-0.4, -0.2) is 122 Å². The fourth-order valence-corrected chi connectivity index (χ4v) is 4.89. The summed E-state index contributed by atoms with van der Waals surface area (Å²) in [6.45, 7) is 6.06. The van der Waals surface area contributed by atoms with Crippen LogP contribution in [0.1, 0.15) is 48.5 Å². The van der Waals surface area contributed by atoms with Gasteiger partial charge < -0.3 is 53.3 Å². The Labute approximate surface area is 278 Å². The summed E-state index contributed by atoms with van der Waals surface area (Å²) >= 11 is 0. The monoisotopic (exact) mass is 703 g/mol. The Kier molecular flexibility index (Phi) is 15.0. The number of nitrogens with one attached hydrogen (secondary N) is 2. The minimum absolute atomic E-state index is 0.555. The lowest BCUT2D eigenvalue weighted by Crippen LogP contribution is -2.70. The zero-order chi connectivity index (χ0) is 37.0. The van der Waals surface area contributed by atoms with E-state index < -0.39 is 122 Å². The Balaban J connectivity index is 2.56. The number of nitrogens with zero attached hydrogens (tertiary/aromatic N) is 3. The van der Waals surface area contributed by atoms with Gasteiger partial charge in [-0.3, -0.25) is 33.6 Å². The lowest BCUT2D eigenvalue weighted by atomic mass is 9.95. The summed E-state index contributed by atoms with van der Waals surface area (Å²) in [5.74, 6) is -6.10. The predicted molar refractivity (Wildman–Crippen MR) is 153 cm³/mol. The minimum atomic E-state index is -1.76. The number of amides is 2. The lowest BCUT2D eigenvalue weighted by Gasteiger charge is -2.45. The van der Waals surface area contributed by atoms with Gasteiger partial charge in [0, 0.05) is 53.4 Å². The average Bonchev–Trinajstić information content (AvgIpc) is 2.96. The molecular weight excluding hydrogens is 666 g/mol. The SMILES string of the molecule is CC(=O)OC[C@H]1O[C@@H](N=[N+]=[N-])[C@H](NC(=O)N[C@H]2[C@H](OC(C)=O)O[C@H](COC(C)=O)[C@@H](OC(C)=O)[C@@H]2OC(C)=O)[C@@H](OC(C)=O)[C@@H]1OC(C)=O. The van der Waals surface area contributed by atoms with Gasteiger partial charge >= 0.3 is 47.8 Å². The van der Waals surface area contributed by atoms with Gasteiger partial charge in [0.05, 0.1) is 0 Å². The molecule has 272 valence electrons. The first-order chi connectivity index (χ1) is 22.9. The van der Waals surface area contributed by atoms with E-state index in [9.17, 15) is 43.9 Å². The molecule has 49 heavy (non-hydrogen) atoms. The summed E-state index contributed by atoms with van der Waals surface area (Å²) < 4.78 is 48.0. The van der Waals surface area contributed by atoms with E-state index >= 15 is 0 Å². The number of carbonyl (C=O) groups excluding carboxylic acids is 8. The van der Waals surface area contributed by atoms with Crippen LogP contribution in [0.3, 0.4) is 0 Å². The second-order valence-electron chi connectivity index (χ2n) is 10.5. The zero-order valence-electron chi connectivity index (χ0n) is 27.5. The van der Waals surface area contributed by atoms with Crippen LogP contribution >= 0.6 is 0 Å². The Morgan fingerprint density at radius 2 is 0.959 bits per heavy atom. The largest absolute Gasteiger partial charge is 0.463 e. The molecule has 22 nitrogen and oxygen atoms in total. The molecule has 2 amide bonds. The van der Waals surface area contributed by atoms with Gasteiger partial charge in [-0.25, -0.2) is 4.79 Å². The maximum atomic E-state index is 13.6. The molecule has 0 spiro atoms. The number of esters is 7. The molecule has 22 heteroatoms. The average molecular weight is 704 g/mol. The molecule has 0 bridgehead atoms. The summed E-state index contributed by atoms with van der Waals surface area (Å²) in [6, 6.07) is -4.49. The summed E-state index contributed by atoms with van der Waals surface area (Å²) in [4.78, 5) is 99.8. The van der Waals surface area contributed by atoms with Crippen molar-refractivity contribution < 1.29 is 81.0 Å². The van der Waals surface area contributed by atoms with Crippen LogP contribution in [0.15, 0.2) is 5.11 Å². The Hall–Kier alpha value is -5.21. The quantitative estimate of drug-likeness (QED) is 0.0826. The summed E-state index contributed by atoms with van der Waals surface area (Å²) in [5.41, 5.74) is 9.24. The van der Waals surface area contributed by atoms with Gasteiger partial charge in [0.1, 0.15) is 37.5 Å². The second kappa shape index (κ2) is 18.4. The van der Waals surface area contributed by atoms with Crippen molar-refractivity contribution in [3.8, 4) is 0 Å². The van der Waals surface area contributed by atoms with Crippen LogP contribution in [0.2, 0.25) is 0 Å². The molecule has 0 radical (unpaired) electrons. The highest BCUT2D eigenvalue weighted by Gasteiger charge is 2.54. The number of ether oxygens (including phenoxy) is 9. The van der Waals surface area contributed by atoms with E-state index in [0.29, 0.717) is 0 Å². The van der Waals surface area contributed by atoms with Gasteiger partial charge in [-0.15, -0.1) is 0 Å². The van der Waals surface area contributed by atoms with Crippen molar-refractivity contribution in [1.29, 1.82) is 0 Å². The van der Waals surface area contributed by atoms with Crippen molar-refractivity contribution in [3.05, 3.63) is 10.4 Å². The highest BCUT2D eigenvalue weighted by molar-refractivity contribution is 5.76. The molecule has 2 aliphatic heterocycles. The first-order valence-corrected chi connectivity index (χ1v) is 14.5. The zero-order valence-corrected chi connectivity index (χ0v) is 27.5. The van der Waals surface area contributed by atoms with Crippen molar-refractivity contribution >= 4 is 47.8 Å². The lowest BCUT2D eigenvalue weighted by molar-refractivity contribution is -0.270. The molecule has 2 heterocycles. The summed E-state index contributed by atoms with van der Waals surface area (Å²) in [5, 5.41) is 8.24.